The number of aromatic nitrogens is 1. The summed E-state index contributed by atoms with van der Waals surface area (Å²) in [5, 5.41) is 13.6. The average molecular weight is 446 g/mol. The van der Waals surface area contributed by atoms with Crippen molar-refractivity contribution >= 4 is 44.6 Å². The zero-order chi connectivity index (χ0) is 21.3. The molecular weight excluding hydrogens is 422 g/mol. The summed E-state index contributed by atoms with van der Waals surface area (Å²) in [4.78, 5) is 33.3. The molecule has 1 fully saturated rings. The van der Waals surface area contributed by atoms with Gasteiger partial charge < -0.3 is 20.1 Å². The van der Waals surface area contributed by atoms with Gasteiger partial charge in [-0.3, -0.25) is 9.59 Å². The van der Waals surface area contributed by atoms with Gasteiger partial charge in [-0.15, -0.1) is 22.7 Å². The number of hydrogen-bond donors (Lipinski definition) is 2. The molecule has 0 bridgehead atoms. The van der Waals surface area contributed by atoms with E-state index in [0.29, 0.717) is 29.5 Å². The lowest BCUT2D eigenvalue weighted by Crippen LogP contribution is -2.42. The fraction of sp³-hybridized carbons (Fsp3) is 0.381. The lowest BCUT2D eigenvalue weighted by Gasteiger charge is -2.33. The van der Waals surface area contributed by atoms with E-state index in [-0.39, 0.29) is 25.0 Å². The maximum atomic E-state index is 13.1. The molecule has 7 nitrogen and oxygen atoms in total. The highest BCUT2D eigenvalue weighted by atomic mass is 32.1. The number of benzene rings is 1. The molecule has 4 rings (SSSR count). The summed E-state index contributed by atoms with van der Waals surface area (Å²) in [5.74, 6) is -0.279. The first-order valence-electron chi connectivity index (χ1n) is 9.75. The van der Waals surface area contributed by atoms with Crippen LogP contribution >= 0.6 is 22.7 Å². The van der Waals surface area contributed by atoms with Crippen molar-refractivity contribution in [3.05, 3.63) is 50.3 Å². The quantitative estimate of drug-likeness (QED) is 0.630. The molecule has 3 heterocycles. The molecular formula is C21H23N3O4S2. The molecule has 3 aromatic rings. The van der Waals surface area contributed by atoms with Gasteiger partial charge in [-0.05, 0) is 25.3 Å². The second-order valence-electron chi connectivity index (χ2n) is 7.08. The Kier molecular flexibility index (Phi) is 6.14. The number of fused-ring (bicyclic) bond motifs is 1. The Bertz CT molecular complexity index is 1090. The molecule has 2 amide bonds. The second-order valence-corrected chi connectivity index (χ2v) is 9.33. The van der Waals surface area contributed by atoms with Crippen LogP contribution < -0.4 is 5.32 Å². The van der Waals surface area contributed by atoms with Crippen LogP contribution in [0.3, 0.4) is 0 Å². The van der Waals surface area contributed by atoms with Crippen molar-refractivity contribution in [2.75, 3.05) is 32.8 Å². The van der Waals surface area contributed by atoms with Gasteiger partial charge in [0.2, 0.25) is 0 Å². The van der Waals surface area contributed by atoms with E-state index in [0.717, 1.165) is 26.4 Å². The number of rotatable bonds is 5. The molecule has 1 aliphatic heterocycles. The summed E-state index contributed by atoms with van der Waals surface area (Å²) in [6.45, 7) is 5.08. The highest BCUT2D eigenvalue weighted by Gasteiger charge is 2.32. The third-order valence-corrected chi connectivity index (χ3v) is 7.26. The second kappa shape index (κ2) is 8.81. The van der Waals surface area contributed by atoms with E-state index in [1.807, 2.05) is 38.1 Å². The summed E-state index contributed by atoms with van der Waals surface area (Å²) in [5.41, 5.74) is 1.55. The molecule has 1 saturated heterocycles. The molecule has 158 valence electrons. The monoisotopic (exact) mass is 445 g/mol. The topological polar surface area (TPSA) is 91.8 Å². The molecule has 0 spiro atoms. The Morgan fingerprint density at radius 2 is 2.07 bits per heavy atom. The predicted octanol–water partition coefficient (Wildman–Crippen LogP) is 2.91. The maximum Gasteiger partial charge on any atom is 0.266 e. The SMILES string of the molecule is Cc1nc(C)c(C(=O)N2CCO[C@H](c3c(C(=O)NCCO)sc4ccccc34)C2)s1. The van der Waals surface area contributed by atoms with Crippen LogP contribution in [0.5, 0.6) is 0 Å². The van der Waals surface area contributed by atoms with Crippen LogP contribution in [0.2, 0.25) is 0 Å². The number of thiazole rings is 1. The number of nitrogens with zero attached hydrogens (tertiary/aromatic N) is 2. The summed E-state index contributed by atoms with van der Waals surface area (Å²) in [6.07, 6.45) is -0.400. The number of hydrogen-bond acceptors (Lipinski definition) is 7. The van der Waals surface area contributed by atoms with E-state index in [9.17, 15) is 9.59 Å². The normalized spacial score (nSPS) is 16.8. The molecule has 1 aromatic carbocycles. The molecule has 0 saturated carbocycles. The number of aliphatic hydroxyl groups is 1. The van der Waals surface area contributed by atoms with Gasteiger partial charge >= 0.3 is 0 Å². The molecule has 9 heteroatoms. The highest BCUT2D eigenvalue weighted by Crippen LogP contribution is 2.38. The summed E-state index contributed by atoms with van der Waals surface area (Å²) >= 11 is 2.81. The third kappa shape index (κ3) is 3.98. The fourth-order valence-corrected chi connectivity index (χ4v) is 5.74. The first-order chi connectivity index (χ1) is 14.5. The van der Waals surface area contributed by atoms with Crippen LogP contribution in [0.25, 0.3) is 10.1 Å². The molecule has 1 atom stereocenters. The van der Waals surface area contributed by atoms with Crippen LogP contribution in [-0.4, -0.2) is 59.7 Å². The number of carbonyl (C=O) groups is 2. The van der Waals surface area contributed by atoms with E-state index in [1.54, 1.807) is 4.90 Å². The summed E-state index contributed by atoms with van der Waals surface area (Å²) in [7, 11) is 0. The lowest BCUT2D eigenvalue weighted by molar-refractivity contribution is -0.0221. The van der Waals surface area contributed by atoms with Crippen molar-refractivity contribution in [1.29, 1.82) is 0 Å². The Balaban J connectivity index is 1.67. The van der Waals surface area contributed by atoms with Gasteiger partial charge in [0.05, 0.1) is 35.3 Å². The maximum absolute atomic E-state index is 13.1. The number of carbonyl (C=O) groups excluding carboxylic acids is 2. The molecule has 0 radical (unpaired) electrons. The van der Waals surface area contributed by atoms with E-state index in [4.69, 9.17) is 9.84 Å². The van der Waals surface area contributed by atoms with Gasteiger partial charge in [0, 0.05) is 23.4 Å². The number of thiophene rings is 1. The van der Waals surface area contributed by atoms with E-state index in [1.165, 1.54) is 22.7 Å². The Labute approximate surface area is 182 Å². The van der Waals surface area contributed by atoms with Crippen LogP contribution in [-0.2, 0) is 4.74 Å². The lowest BCUT2D eigenvalue weighted by atomic mass is 10.0. The average Bonchev–Trinajstić information content (AvgIpc) is 3.31. The van der Waals surface area contributed by atoms with Crippen molar-refractivity contribution in [2.45, 2.75) is 20.0 Å². The van der Waals surface area contributed by atoms with E-state index < -0.39 is 6.10 Å². The standard InChI is InChI=1S/C21H23N3O4S2/c1-12-18(29-13(2)23-12)21(27)24-8-10-28-15(11-24)17-14-5-3-4-6-16(14)30-19(17)20(26)22-7-9-25/h3-6,15,25H,7-11H2,1-2H3,(H,22,26)/t15-/m0/s1. The Hall–Kier alpha value is -2.33. The van der Waals surface area contributed by atoms with Crippen molar-refractivity contribution in [3.63, 3.8) is 0 Å². The van der Waals surface area contributed by atoms with E-state index in [2.05, 4.69) is 10.3 Å². The number of aryl methyl sites for hydroxylation is 2. The Morgan fingerprint density at radius 3 is 2.80 bits per heavy atom. The van der Waals surface area contributed by atoms with Crippen LogP contribution in [0.15, 0.2) is 24.3 Å². The third-order valence-electron chi connectivity index (χ3n) is 5.01. The Morgan fingerprint density at radius 1 is 1.27 bits per heavy atom. The predicted molar refractivity (Wildman–Crippen MR) is 117 cm³/mol. The van der Waals surface area contributed by atoms with Crippen LogP contribution in [0.4, 0.5) is 0 Å². The van der Waals surface area contributed by atoms with Crippen molar-refractivity contribution in [1.82, 2.24) is 15.2 Å². The van der Waals surface area contributed by atoms with Gasteiger partial charge in [0.25, 0.3) is 11.8 Å². The van der Waals surface area contributed by atoms with Crippen molar-refractivity contribution in [2.24, 2.45) is 0 Å². The van der Waals surface area contributed by atoms with Gasteiger partial charge in [-0.1, -0.05) is 18.2 Å². The number of amides is 2. The first kappa shape index (κ1) is 20.9. The molecule has 30 heavy (non-hydrogen) atoms. The van der Waals surface area contributed by atoms with E-state index >= 15 is 0 Å². The summed E-state index contributed by atoms with van der Waals surface area (Å²) in [6, 6.07) is 7.82. The molecule has 0 unspecified atom stereocenters. The van der Waals surface area contributed by atoms with Gasteiger partial charge in [-0.25, -0.2) is 4.98 Å². The first-order valence-corrected chi connectivity index (χ1v) is 11.4. The zero-order valence-electron chi connectivity index (χ0n) is 16.8. The smallest absolute Gasteiger partial charge is 0.266 e. The zero-order valence-corrected chi connectivity index (χ0v) is 18.4. The van der Waals surface area contributed by atoms with Crippen LogP contribution in [0, 0.1) is 13.8 Å². The van der Waals surface area contributed by atoms with Gasteiger partial charge in [0.15, 0.2) is 0 Å². The minimum absolute atomic E-state index is 0.0442. The van der Waals surface area contributed by atoms with Crippen LogP contribution in [0.1, 0.15) is 41.7 Å². The van der Waals surface area contributed by atoms with Crippen molar-refractivity contribution < 1.29 is 19.4 Å². The number of nitrogens with one attached hydrogen (secondary N) is 1. The molecule has 1 aliphatic rings. The van der Waals surface area contributed by atoms with Crippen molar-refractivity contribution in [3.8, 4) is 0 Å². The summed E-state index contributed by atoms with van der Waals surface area (Å²) < 4.78 is 7.04. The molecule has 2 N–H and O–H groups in total. The number of aliphatic hydroxyl groups excluding tert-OH is 1. The minimum Gasteiger partial charge on any atom is -0.395 e. The highest BCUT2D eigenvalue weighted by molar-refractivity contribution is 7.21. The molecule has 0 aliphatic carbocycles. The largest absolute Gasteiger partial charge is 0.395 e. The number of morpholine rings is 1. The van der Waals surface area contributed by atoms with Gasteiger partial charge in [0.1, 0.15) is 11.0 Å². The minimum atomic E-state index is -0.400. The number of ether oxygens (including phenoxy) is 1. The fourth-order valence-electron chi connectivity index (χ4n) is 3.69. The molecule has 2 aromatic heterocycles. The van der Waals surface area contributed by atoms with Gasteiger partial charge in [-0.2, -0.15) is 0 Å².